The number of nitro groups is 1. The van der Waals surface area contributed by atoms with Crippen LogP contribution in [0.1, 0.15) is 0 Å². The normalized spacial score (nSPS) is 14.8. The van der Waals surface area contributed by atoms with Crippen molar-refractivity contribution in [3.63, 3.8) is 0 Å². The summed E-state index contributed by atoms with van der Waals surface area (Å²) in [6.07, 6.45) is 0. The van der Waals surface area contributed by atoms with Gasteiger partial charge >= 0.3 is 0 Å². The first-order valence-electron chi connectivity index (χ1n) is 8.39. The maximum Gasteiger partial charge on any atom is 0.293 e. The molecule has 1 saturated heterocycles. The number of piperazine rings is 1. The summed E-state index contributed by atoms with van der Waals surface area (Å²) in [6.45, 7) is 2.76. The molecule has 7 nitrogen and oxygen atoms in total. The van der Waals surface area contributed by atoms with E-state index in [4.69, 9.17) is 11.6 Å². The molecule has 27 heavy (non-hydrogen) atoms. The molecule has 9 heteroatoms. The van der Waals surface area contributed by atoms with Gasteiger partial charge in [0, 0.05) is 36.7 Å². The fourth-order valence-corrected chi connectivity index (χ4v) is 3.54. The third kappa shape index (κ3) is 4.97. The molecule has 2 aromatic rings. The second kappa shape index (κ2) is 8.69. The van der Waals surface area contributed by atoms with Gasteiger partial charge in [-0.3, -0.25) is 19.8 Å². The zero-order chi connectivity index (χ0) is 19.4. The van der Waals surface area contributed by atoms with Crippen LogP contribution in [0.3, 0.4) is 0 Å². The highest BCUT2D eigenvalue weighted by molar-refractivity contribution is 9.10. The van der Waals surface area contributed by atoms with Gasteiger partial charge in [-0.05, 0) is 24.3 Å². The van der Waals surface area contributed by atoms with Crippen molar-refractivity contribution in [1.29, 1.82) is 0 Å². The summed E-state index contributed by atoms with van der Waals surface area (Å²) in [5.41, 5.74) is 1.27. The van der Waals surface area contributed by atoms with Crippen LogP contribution in [0.15, 0.2) is 46.9 Å². The summed E-state index contributed by atoms with van der Waals surface area (Å²) in [5, 5.41) is 14.6. The van der Waals surface area contributed by atoms with E-state index < -0.39 is 0 Å². The molecule has 3 rings (SSSR count). The maximum atomic E-state index is 12.2. The van der Waals surface area contributed by atoms with E-state index in [1.165, 1.54) is 6.07 Å². The number of nitrogens with zero attached hydrogens (tertiary/aromatic N) is 3. The van der Waals surface area contributed by atoms with Crippen LogP contribution in [-0.4, -0.2) is 48.5 Å². The van der Waals surface area contributed by atoms with Crippen molar-refractivity contribution >= 4 is 50.5 Å². The first-order chi connectivity index (χ1) is 12.9. The first kappa shape index (κ1) is 19.6. The van der Waals surface area contributed by atoms with Crippen molar-refractivity contribution in [2.75, 3.05) is 42.9 Å². The number of para-hydroxylation sites is 1. The molecule has 142 valence electrons. The van der Waals surface area contributed by atoms with Crippen LogP contribution in [0.5, 0.6) is 0 Å². The molecule has 1 heterocycles. The van der Waals surface area contributed by atoms with Crippen molar-refractivity contribution in [3.8, 4) is 0 Å². The lowest BCUT2D eigenvalue weighted by Crippen LogP contribution is -2.48. The highest BCUT2D eigenvalue weighted by Gasteiger charge is 2.24. The maximum absolute atomic E-state index is 12.2. The van der Waals surface area contributed by atoms with E-state index in [-0.39, 0.29) is 23.1 Å². The molecule has 0 spiro atoms. The Hall–Kier alpha value is -2.16. The lowest BCUT2D eigenvalue weighted by Gasteiger charge is -2.35. The van der Waals surface area contributed by atoms with Crippen molar-refractivity contribution in [2.24, 2.45) is 0 Å². The van der Waals surface area contributed by atoms with Crippen LogP contribution >= 0.6 is 27.5 Å². The number of carbonyl (C=O) groups excluding carboxylic acids is 1. The number of nitro benzene ring substituents is 1. The van der Waals surface area contributed by atoms with Crippen molar-refractivity contribution in [1.82, 2.24) is 4.90 Å². The minimum absolute atomic E-state index is 0.0780. The lowest BCUT2D eigenvalue weighted by atomic mass is 10.2. The fraction of sp³-hybridized carbons (Fsp3) is 0.278. The van der Waals surface area contributed by atoms with Crippen molar-refractivity contribution < 1.29 is 9.72 Å². The molecule has 0 atom stereocenters. The Bertz CT molecular complexity index is 856. The SMILES string of the molecule is O=C(CN1CCN(c2ccc(Br)cc2[N+](=O)[O-])CC1)Nc1ccccc1Cl. The summed E-state index contributed by atoms with van der Waals surface area (Å²) < 4.78 is 0.674. The van der Waals surface area contributed by atoms with Gasteiger partial charge in [0.2, 0.25) is 5.91 Å². The van der Waals surface area contributed by atoms with Gasteiger partial charge in [-0.15, -0.1) is 0 Å². The zero-order valence-electron chi connectivity index (χ0n) is 14.4. The van der Waals surface area contributed by atoms with Gasteiger partial charge in [-0.25, -0.2) is 0 Å². The van der Waals surface area contributed by atoms with E-state index in [1.807, 2.05) is 15.9 Å². The molecule has 1 fully saturated rings. The molecular weight excluding hydrogens is 436 g/mol. The molecule has 1 aliphatic rings. The second-order valence-electron chi connectivity index (χ2n) is 6.18. The van der Waals surface area contributed by atoms with Crippen LogP contribution in [0, 0.1) is 10.1 Å². The largest absolute Gasteiger partial charge is 0.363 e. The Balaban J connectivity index is 1.57. The smallest absolute Gasteiger partial charge is 0.293 e. The molecule has 0 bridgehead atoms. The molecular formula is C18H18BrClN4O3. The average Bonchev–Trinajstić information content (AvgIpc) is 2.64. The number of amides is 1. The van der Waals surface area contributed by atoms with Crippen molar-refractivity contribution in [3.05, 3.63) is 62.1 Å². The minimum Gasteiger partial charge on any atom is -0.363 e. The van der Waals surface area contributed by atoms with Gasteiger partial charge in [0.15, 0.2) is 0 Å². The first-order valence-corrected chi connectivity index (χ1v) is 9.57. The third-order valence-electron chi connectivity index (χ3n) is 4.36. The molecule has 0 unspecified atom stereocenters. The summed E-state index contributed by atoms with van der Waals surface area (Å²) in [4.78, 5) is 27.2. The van der Waals surface area contributed by atoms with Gasteiger partial charge in [0.25, 0.3) is 5.69 Å². The Morgan fingerprint density at radius 2 is 1.89 bits per heavy atom. The van der Waals surface area contributed by atoms with E-state index in [1.54, 1.807) is 30.3 Å². The third-order valence-corrected chi connectivity index (χ3v) is 5.19. The van der Waals surface area contributed by atoms with E-state index >= 15 is 0 Å². The summed E-state index contributed by atoms with van der Waals surface area (Å²) >= 11 is 9.33. The van der Waals surface area contributed by atoms with E-state index in [9.17, 15) is 14.9 Å². The van der Waals surface area contributed by atoms with E-state index in [0.717, 1.165) is 0 Å². The Morgan fingerprint density at radius 1 is 1.19 bits per heavy atom. The standard InChI is InChI=1S/C18H18BrClN4O3/c19-13-5-6-16(17(11-13)24(26)27)23-9-7-22(8-10-23)12-18(25)21-15-4-2-1-3-14(15)20/h1-6,11H,7-10,12H2,(H,21,25). The van der Waals surface area contributed by atoms with Crippen LogP contribution in [0.25, 0.3) is 0 Å². The topological polar surface area (TPSA) is 78.7 Å². The number of benzene rings is 2. The number of nitrogens with one attached hydrogen (secondary N) is 1. The van der Waals surface area contributed by atoms with E-state index in [2.05, 4.69) is 21.2 Å². The van der Waals surface area contributed by atoms with Gasteiger partial charge in [-0.2, -0.15) is 0 Å². The fourth-order valence-electron chi connectivity index (χ4n) is 3.01. The Labute approximate surface area is 170 Å². The number of rotatable bonds is 5. The molecule has 0 saturated carbocycles. The van der Waals surface area contributed by atoms with Crippen LogP contribution in [0.2, 0.25) is 5.02 Å². The molecule has 0 radical (unpaired) electrons. The van der Waals surface area contributed by atoms with Crippen LogP contribution < -0.4 is 10.2 Å². The molecule has 0 aliphatic carbocycles. The quantitative estimate of drug-likeness (QED) is 0.551. The Kier molecular flexibility index (Phi) is 6.30. The lowest BCUT2D eigenvalue weighted by molar-refractivity contribution is -0.384. The summed E-state index contributed by atoms with van der Waals surface area (Å²) in [7, 11) is 0. The number of hydrogen-bond acceptors (Lipinski definition) is 5. The number of hydrogen-bond donors (Lipinski definition) is 1. The molecule has 1 N–H and O–H groups in total. The number of carbonyl (C=O) groups is 1. The van der Waals surface area contributed by atoms with Crippen molar-refractivity contribution in [2.45, 2.75) is 0 Å². The number of halogens is 2. The Morgan fingerprint density at radius 3 is 2.56 bits per heavy atom. The average molecular weight is 454 g/mol. The van der Waals surface area contributed by atoms with Gasteiger partial charge in [-0.1, -0.05) is 39.7 Å². The van der Waals surface area contributed by atoms with E-state index in [0.29, 0.717) is 47.0 Å². The number of anilines is 2. The summed E-state index contributed by atoms with van der Waals surface area (Å²) in [6, 6.07) is 12.2. The monoisotopic (exact) mass is 452 g/mol. The predicted octanol–water partition coefficient (Wildman–Crippen LogP) is 3.77. The molecule has 0 aromatic heterocycles. The van der Waals surface area contributed by atoms with Crippen LogP contribution in [-0.2, 0) is 4.79 Å². The summed E-state index contributed by atoms with van der Waals surface area (Å²) in [5.74, 6) is -0.133. The predicted molar refractivity (Wildman–Crippen MR) is 110 cm³/mol. The van der Waals surface area contributed by atoms with Gasteiger partial charge in [0.05, 0.1) is 22.2 Å². The van der Waals surface area contributed by atoms with Crippen LogP contribution in [0.4, 0.5) is 17.1 Å². The molecule has 1 aliphatic heterocycles. The minimum atomic E-state index is -0.372. The molecule has 2 aromatic carbocycles. The van der Waals surface area contributed by atoms with Gasteiger partial charge < -0.3 is 10.2 Å². The highest BCUT2D eigenvalue weighted by Crippen LogP contribution is 2.31. The van der Waals surface area contributed by atoms with Gasteiger partial charge in [0.1, 0.15) is 5.69 Å². The highest BCUT2D eigenvalue weighted by atomic mass is 79.9. The zero-order valence-corrected chi connectivity index (χ0v) is 16.7. The molecule has 1 amide bonds. The second-order valence-corrected chi connectivity index (χ2v) is 7.50.